The number of rotatable bonds is 5. The fraction of sp³-hybridized carbons (Fsp3) is 0.0870. The van der Waals surface area contributed by atoms with E-state index < -0.39 is 23.5 Å². The molecule has 31 heavy (non-hydrogen) atoms. The number of Topliss-reactive ketones (excluding diaryl/α,β-unsaturated/α-hetero) is 1. The number of hydrogen-bond donors (Lipinski definition) is 1. The Bertz CT molecular complexity index is 1290. The summed E-state index contributed by atoms with van der Waals surface area (Å²) in [5.74, 6) is -1.17. The van der Waals surface area contributed by atoms with Gasteiger partial charge in [0.05, 0.1) is 18.7 Å². The summed E-state index contributed by atoms with van der Waals surface area (Å²) in [6, 6.07) is 15.0. The van der Waals surface area contributed by atoms with Crippen LogP contribution >= 0.6 is 11.3 Å². The van der Waals surface area contributed by atoms with Gasteiger partial charge < -0.3 is 14.3 Å². The van der Waals surface area contributed by atoms with E-state index in [2.05, 4.69) is 4.98 Å². The Hall–Kier alpha value is -3.91. The molecule has 1 unspecified atom stereocenters. The molecular weight excluding hydrogens is 416 g/mol. The smallest absolute Gasteiger partial charge is 0.296 e. The minimum Gasteiger partial charge on any atom is -0.503 e. The largest absolute Gasteiger partial charge is 0.503 e. The zero-order valence-corrected chi connectivity index (χ0v) is 17.1. The van der Waals surface area contributed by atoms with Gasteiger partial charge in [0.2, 0.25) is 5.78 Å². The average molecular weight is 432 g/mol. The number of ether oxygens (including phenoxy) is 1. The van der Waals surface area contributed by atoms with Crippen LogP contribution in [0.3, 0.4) is 0 Å². The minimum atomic E-state index is -0.856. The van der Waals surface area contributed by atoms with Crippen molar-refractivity contribution in [3.05, 3.63) is 88.8 Å². The van der Waals surface area contributed by atoms with E-state index >= 15 is 0 Å². The van der Waals surface area contributed by atoms with E-state index in [-0.39, 0.29) is 11.3 Å². The average Bonchev–Trinajstić information content (AvgIpc) is 3.52. The lowest BCUT2D eigenvalue weighted by Crippen LogP contribution is -2.30. The van der Waals surface area contributed by atoms with Gasteiger partial charge in [-0.05, 0) is 29.8 Å². The maximum Gasteiger partial charge on any atom is 0.296 e. The number of carbonyl (C=O) groups is 2. The first kappa shape index (κ1) is 19.1. The summed E-state index contributed by atoms with van der Waals surface area (Å²) in [4.78, 5) is 32.0. The fourth-order valence-corrected chi connectivity index (χ4v) is 4.36. The topological polar surface area (TPSA) is 92.9 Å². The lowest BCUT2D eigenvalue weighted by atomic mass is 9.95. The van der Waals surface area contributed by atoms with Crippen LogP contribution in [0.1, 0.15) is 22.2 Å². The maximum atomic E-state index is 13.5. The monoisotopic (exact) mass is 432 g/mol. The van der Waals surface area contributed by atoms with Gasteiger partial charge in [-0.3, -0.25) is 14.5 Å². The van der Waals surface area contributed by atoms with Gasteiger partial charge in [0.1, 0.15) is 11.3 Å². The van der Waals surface area contributed by atoms with Crippen molar-refractivity contribution in [3.63, 3.8) is 0 Å². The van der Waals surface area contributed by atoms with Crippen molar-refractivity contribution in [2.45, 2.75) is 6.04 Å². The summed E-state index contributed by atoms with van der Waals surface area (Å²) in [7, 11) is 1.55. The molecule has 0 aliphatic carbocycles. The number of ketones is 1. The Labute approximate surface area is 180 Å². The molecule has 154 valence electrons. The summed E-state index contributed by atoms with van der Waals surface area (Å²) in [5, 5.41) is 13.6. The van der Waals surface area contributed by atoms with Gasteiger partial charge in [-0.1, -0.05) is 30.3 Å². The highest BCUT2D eigenvalue weighted by Gasteiger charge is 2.46. The quantitative estimate of drug-likeness (QED) is 0.460. The van der Waals surface area contributed by atoms with Crippen molar-refractivity contribution < 1.29 is 23.8 Å². The van der Waals surface area contributed by atoms with Gasteiger partial charge in [0.25, 0.3) is 5.91 Å². The van der Waals surface area contributed by atoms with Crippen LogP contribution in [0.25, 0.3) is 11.0 Å². The number of furan rings is 1. The van der Waals surface area contributed by atoms with E-state index in [1.807, 2.05) is 12.1 Å². The van der Waals surface area contributed by atoms with Crippen LogP contribution in [-0.4, -0.2) is 28.9 Å². The molecule has 5 rings (SSSR count). The molecule has 1 atom stereocenters. The summed E-state index contributed by atoms with van der Waals surface area (Å²) in [6.45, 7) is 0. The van der Waals surface area contributed by atoms with Crippen molar-refractivity contribution in [2.24, 2.45) is 0 Å². The second-order valence-corrected chi connectivity index (χ2v) is 7.78. The van der Waals surface area contributed by atoms with E-state index in [1.54, 1.807) is 61.2 Å². The van der Waals surface area contributed by atoms with E-state index in [0.717, 1.165) is 5.39 Å². The van der Waals surface area contributed by atoms with E-state index in [0.29, 0.717) is 22.0 Å². The number of aliphatic hydroxyl groups excluding tert-OH is 1. The van der Waals surface area contributed by atoms with E-state index in [4.69, 9.17) is 9.15 Å². The molecule has 0 saturated carbocycles. The predicted molar refractivity (Wildman–Crippen MR) is 116 cm³/mol. The molecule has 8 heteroatoms. The molecule has 0 bridgehead atoms. The lowest BCUT2D eigenvalue weighted by Gasteiger charge is -2.24. The normalized spacial score (nSPS) is 16.4. The van der Waals surface area contributed by atoms with E-state index in [9.17, 15) is 14.7 Å². The minimum absolute atomic E-state index is 0.0510. The number of methoxy groups -OCH3 is 1. The first-order valence-corrected chi connectivity index (χ1v) is 10.3. The Kier molecular flexibility index (Phi) is 4.56. The number of fused-ring (bicyclic) bond motifs is 1. The molecular formula is C23H16N2O5S. The Morgan fingerprint density at radius 2 is 1.97 bits per heavy atom. The number of thiazole rings is 1. The molecule has 1 aliphatic heterocycles. The molecule has 1 N–H and O–H groups in total. The van der Waals surface area contributed by atoms with Crippen LogP contribution in [0.5, 0.6) is 5.75 Å². The van der Waals surface area contributed by atoms with Crippen LogP contribution < -0.4 is 9.64 Å². The number of benzene rings is 2. The van der Waals surface area contributed by atoms with Crippen LogP contribution in [0.2, 0.25) is 0 Å². The van der Waals surface area contributed by atoms with E-state index in [1.165, 1.54) is 16.2 Å². The molecule has 2 aromatic carbocycles. The highest BCUT2D eigenvalue weighted by Crippen LogP contribution is 2.43. The second-order valence-electron chi connectivity index (χ2n) is 6.91. The van der Waals surface area contributed by atoms with Crippen LogP contribution in [0.15, 0.2) is 81.9 Å². The second kappa shape index (κ2) is 7.41. The molecule has 1 aliphatic rings. The Morgan fingerprint density at radius 1 is 1.19 bits per heavy atom. The zero-order chi connectivity index (χ0) is 21.5. The third-order valence-corrected chi connectivity index (χ3v) is 5.93. The van der Waals surface area contributed by atoms with Crippen molar-refractivity contribution in [3.8, 4) is 5.75 Å². The van der Waals surface area contributed by atoms with Gasteiger partial charge in [0.15, 0.2) is 16.7 Å². The highest BCUT2D eigenvalue weighted by molar-refractivity contribution is 7.13. The van der Waals surface area contributed by atoms with Gasteiger partial charge in [-0.15, -0.1) is 11.3 Å². The summed E-state index contributed by atoms with van der Waals surface area (Å²) in [6.07, 6.45) is 1.56. The van der Waals surface area contributed by atoms with Crippen molar-refractivity contribution in [1.29, 1.82) is 0 Å². The zero-order valence-electron chi connectivity index (χ0n) is 16.3. The number of para-hydroxylation sites is 1. The van der Waals surface area contributed by atoms with Gasteiger partial charge in [-0.2, -0.15) is 0 Å². The van der Waals surface area contributed by atoms with Crippen molar-refractivity contribution in [1.82, 2.24) is 4.98 Å². The molecule has 0 fully saturated rings. The molecule has 0 spiro atoms. The first-order chi connectivity index (χ1) is 15.1. The number of anilines is 1. The molecule has 2 aromatic heterocycles. The van der Waals surface area contributed by atoms with Crippen molar-refractivity contribution in [2.75, 3.05) is 12.0 Å². The first-order valence-electron chi connectivity index (χ1n) is 9.42. The SMILES string of the molecule is COc1ccc(C2C(C(=O)c3cc4ccccc4o3)=C(O)C(=O)N2c2nccs2)cc1. The number of hydrogen-bond acceptors (Lipinski definition) is 7. The molecule has 1 amide bonds. The van der Waals surface area contributed by atoms with Gasteiger partial charge in [-0.25, -0.2) is 4.98 Å². The maximum absolute atomic E-state index is 13.5. The summed E-state index contributed by atoms with van der Waals surface area (Å²) in [5.41, 5.74) is 1.13. The number of carbonyl (C=O) groups excluding carboxylic acids is 2. The Morgan fingerprint density at radius 3 is 2.65 bits per heavy atom. The summed E-state index contributed by atoms with van der Waals surface area (Å²) >= 11 is 1.24. The number of nitrogens with zero attached hydrogens (tertiary/aromatic N) is 2. The standard InChI is InChI=1S/C23H16N2O5S/c1-29-15-8-6-13(7-9-15)19-18(21(27)22(28)25(19)23-24-10-11-31-23)20(26)17-12-14-4-2-3-5-16(14)30-17/h2-12,19,27H,1H3. The van der Waals surface area contributed by atoms with Gasteiger partial charge in [0, 0.05) is 17.0 Å². The molecule has 7 nitrogen and oxygen atoms in total. The van der Waals surface area contributed by atoms with Crippen molar-refractivity contribution >= 4 is 39.1 Å². The fourth-order valence-electron chi connectivity index (χ4n) is 3.70. The third kappa shape index (κ3) is 3.08. The molecule has 0 radical (unpaired) electrons. The van der Waals surface area contributed by atoms with Crippen LogP contribution in [0, 0.1) is 0 Å². The van der Waals surface area contributed by atoms with Gasteiger partial charge >= 0.3 is 0 Å². The number of aliphatic hydroxyl groups is 1. The molecule has 0 saturated heterocycles. The van der Waals surface area contributed by atoms with Crippen LogP contribution in [0.4, 0.5) is 5.13 Å². The molecule has 4 aromatic rings. The number of aromatic nitrogens is 1. The third-order valence-electron chi connectivity index (χ3n) is 5.16. The predicted octanol–water partition coefficient (Wildman–Crippen LogP) is 4.68. The Balaban J connectivity index is 1.64. The number of amides is 1. The molecule has 3 heterocycles. The lowest BCUT2D eigenvalue weighted by molar-refractivity contribution is -0.117. The summed E-state index contributed by atoms with van der Waals surface area (Å²) < 4.78 is 10.9. The van der Waals surface area contributed by atoms with Crippen LogP contribution in [-0.2, 0) is 4.79 Å². The highest BCUT2D eigenvalue weighted by atomic mass is 32.1.